The number of aliphatic hydroxyl groups is 1. The van der Waals surface area contributed by atoms with E-state index in [1.165, 1.54) is 11.1 Å². The van der Waals surface area contributed by atoms with Gasteiger partial charge < -0.3 is 15.2 Å². The smallest absolute Gasteiger partial charge is 0.220 e. The molecule has 1 atom stereocenters. The topological polar surface area (TPSA) is 58.6 Å². The molecule has 0 aliphatic carbocycles. The molecule has 0 saturated carbocycles. The summed E-state index contributed by atoms with van der Waals surface area (Å²) in [6, 6.07) is 8.19. The molecule has 0 spiro atoms. The number of aryl methyl sites for hydroxylation is 2. The molecule has 0 heterocycles. The third-order valence-corrected chi connectivity index (χ3v) is 2.92. The Hall–Kier alpha value is -1.39. The summed E-state index contributed by atoms with van der Waals surface area (Å²) in [7, 11) is 1.55. The van der Waals surface area contributed by atoms with E-state index in [0.717, 1.165) is 6.42 Å². The lowest BCUT2D eigenvalue weighted by Crippen LogP contribution is -2.28. The number of benzene rings is 1. The fourth-order valence-corrected chi connectivity index (χ4v) is 1.75. The second-order valence-electron chi connectivity index (χ2n) is 4.73. The lowest BCUT2D eigenvalue weighted by molar-refractivity contribution is -0.121. The van der Waals surface area contributed by atoms with Gasteiger partial charge in [-0.2, -0.15) is 0 Å². The van der Waals surface area contributed by atoms with Gasteiger partial charge in [0, 0.05) is 20.1 Å². The minimum atomic E-state index is -0.512. The monoisotopic (exact) mass is 265 g/mol. The number of hydrogen-bond donors (Lipinski definition) is 2. The van der Waals surface area contributed by atoms with Gasteiger partial charge in [0.1, 0.15) is 0 Å². The average molecular weight is 265 g/mol. The number of ether oxygens (including phenoxy) is 1. The maximum absolute atomic E-state index is 11.6. The number of carbonyl (C=O) groups is 1. The van der Waals surface area contributed by atoms with Gasteiger partial charge in [0.2, 0.25) is 5.91 Å². The molecule has 1 amide bonds. The molecule has 19 heavy (non-hydrogen) atoms. The summed E-state index contributed by atoms with van der Waals surface area (Å²) in [6.45, 7) is 2.83. The highest BCUT2D eigenvalue weighted by Crippen LogP contribution is 2.05. The van der Waals surface area contributed by atoms with Crippen LogP contribution in [-0.2, 0) is 16.0 Å². The van der Waals surface area contributed by atoms with Crippen LogP contribution in [0.3, 0.4) is 0 Å². The molecule has 2 N–H and O–H groups in total. The highest BCUT2D eigenvalue weighted by atomic mass is 16.5. The molecule has 1 rings (SSSR count). The zero-order valence-electron chi connectivity index (χ0n) is 11.7. The average Bonchev–Trinajstić information content (AvgIpc) is 2.38. The Labute approximate surface area is 114 Å². The van der Waals surface area contributed by atoms with Crippen LogP contribution in [0.1, 0.15) is 24.0 Å². The Balaban J connectivity index is 2.16. The molecule has 0 radical (unpaired) electrons. The van der Waals surface area contributed by atoms with Gasteiger partial charge in [0.15, 0.2) is 0 Å². The SMILES string of the molecule is COCC(O)CCNC(=O)CCc1ccc(C)cc1. The van der Waals surface area contributed by atoms with Crippen LogP contribution >= 0.6 is 0 Å². The molecule has 4 heteroatoms. The number of methoxy groups -OCH3 is 1. The van der Waals surface area contributed by atoms with E-state index in [1.807, 2.05) is 31.2 Å². The second kappa shape index (κ2) is 8.67. The molecule has 0 saturated heterocycles. The molecule has 0 aliphatic heterocycles. The Morgan fingerprint density at radius 3 is 2.68 bits per heavy atom. The van der Waals surface area contributed by atoms with Gasteiger partial charge in [-0.05, 0) is 25.3 Å². The number of hydrogen-bond acceptors (Lipinski definition) is 3. The van der Waals surface area contributed by atoms with Crippen LogP contribution in [0.4, 0.5) is 0 Å². The van der Waals surface area contributed by atoms with Gasteiger partial charge in [-0.3, -0.25) is 4.79 Å². The van der Waals surface area contributed by atoms with Crippen LogP contribution in [-0.4, -0.2) is 37.4 Å². The number of carbonyl (C=O) groups excluding carboxylic acids is 1. The van der Waals surface area contributed by atoms with Crippen LogP contribution in [0.2, 0.25) is 0 Å². The largest absolute Gasteiger partial charge is 0.391 e. The lowest BCUT2D eigenvalue weighted by atomic mass is 10.1. The van der Waals surface area contributed by atoms with Gasteiger partial charge in [-0.15, -0.1) is 0 Å². The van der Waals surface area contributed by atoms with Crippen molar-refractivity contribution in [1.82, 2.24) is 5.32 Å². The summed E-state index contributed by atoms with van der Waals surface area (Å²) < 4.78 is 4.81. The minimum Gasteiger partial charge on any atom is -0.391 e. The van der Waals surface area contributed by atoms with Crippen molar-refractivity contribution in [1.29, 1.82) is 0 Å². The Kier molecular flexibility index (Phi) is 7.15. The number of aliphatic hydroxyl groups excluding tert-OH is 1. The molecule has 0 aliphatic rings. The molecular weight excluding hydrogens is 242 g/mol. The van der Waals surface area contributed by atoms with E-state index in [1.54, 1.807) is 7.11 Å². The van der Waals surface area contributed by atoms with Crippen LogP contribution < -0.4 is 5.32 Å². The van der Waals surface area contributed by atoms with Crippen LogP contribution in [0.15, 0.2) is 24.3 Å². The lowest BCUT2D eigenvalue weighted by Gasteiger charge is -2.10. The van der Waals surface area contributed by atoms with E-state index >= 15 is 0 Å². The number of amides is 1. The van der Waals surface area contributed by atoms with Crippen molar-refractivity contribution in [3.63, 3.8) is 0 Å². The first-order valence-corrected chi connectivity index (χ1v) is 6.61. The summed E-state index contributed by atoms with van der Waals surface area (Å²) in [5.41, 5.74) is 2.39. The second-order valence-corrected chi connectivity index (χ2v) is 4.73. The number of nitrogens with one attached hydrogen (secondary N) is 1. The summed E-state index contributed by atoms with van der Waals surface area (Å²) in [6.07, 6.45) is 1.22. The van der Waals surface area contributed by atoms with E-state index in [9.17, 15) is 9.90 Å². The Bertz CT molecular complexity index is 375. The maximum Gasteiger partial charge on any atom is 0.220 e. The maximum atomic E-state index is 11.6. The molecule has 0 aromatic heterocycles. The van der Waals surface area contributed by atoms with Crippen molar-refractivity contribution in [2.24, 2.45) is 0 Å². The van der Waals surface area contributed by atoms with Gasteiger partial charge in [-0.1, -0.05) is 29.8 Å². The first-order chi connectivity index (χ1) is 9.11. The normalized spacial score (nSPS) is 12.2. The van der Waals surface area contributed by atoms with Crippen molar-refractivity contribution in [3.05, 3.63) is 35.4 Å². The predicted molar refractivity (Wildman–Crippen MR) is 75.0 cm³/mol. The summed E-state index contributed by atoms with van der Waals surface area (Å²) in [5, 5.41) is 12.2. The first kappa shape index (κ1) is 15.7. The predicted octanol–water partition coefficient (Wildman–Crippen LogP) is 1.44. The van der Waals surface area contributed by atoms with Crippen LogP contribution in [0.25, 0.3) is 0 Å². The van der Waals surface area contributed by atoms with Crippen LogP contribution in [0, 0.1) is 6.92 Å². The molecule has 106 valence electrons. The van der Waals surface area contributed by atoms with E-state index in [4.69, 9.17) is 4.74 Å². The Morgan fingerprint density at radius 1 is 1.37 bits per heavy atom. The summed E-state index contributed by atoms with van der Waals surface area (Å²) in [4.78, 5) is 11.6. The summed E-state index contributed by atoms with van der Waals surface area (Å²) in [5.74, 6) is 0.0187. The van der Waals surface area contributed by atoms with E-state index < -0.39 is 6.10 Å². The van der Waals surface area contributed by atoms with E-state index in [-0.39, 0.29) is 5.91 Å². The summed E-state index contributed by atoms with van der Waals surface area (Å²) >= 11 is 0. The zero-order valence-corrected chi connectivity index (χ0v) is 11.7. The van der Waals surface area contributed by atoms with Gasteiger partial charge in [0.25, 0.3) is 0 Å². The quantitative estimate of drug-likeness (QED) is 0.748. The third kappa shape index (κ3) is 6.94. The molecule has 1 aromatic carbocycles. The van der Waals surface area contributed by atoms with Crippen molar-refractivity contribution in [3.8, 4) is 0 Å². The third-order valence-electron chi connectivity index (χ3n) is 2.92. The standard InChI is InChI=1S/C15H23NO3/c1-12-3-5-13(6-4-12)7-8-15(18)16-10-9-14(17)11-19-2/h3-6,14,17H,7-11H2,1-2H3,(H,16,18). The molecular formula is C15H23NO3. The van der Waals surface area contributed by atoms with Gasteiger partial charge in [0.05, 0.1) is 12.7 Å². The van der Waals surface area contributed by atoms with Crippen molar-refractivity contribution in [2.45, 2.75) is 32.3 Å². The van der Waals surface area contributed by atoms with E-state index in [0.29, 0.717) is 26.0 Å². The minimum absolute atomic E-state index is 0.0187. The Morgan fingerprint density at radius 2 is 2.05 bits per heavy atom. The fourth-order valence-electron chi connectivity index (χ4n) is 1.75. The molecule has 1 unspecified atom stereocenters. The fraction of sp³-hybridized carbons (Fsp3) is 0.533. The zero-order chi connectivity index (χ0) is 14.1. The van der Waals surface area contributed by atoms with Crippen molar-refractivity contribution in [2.75, 3.05) is 20.3 Å². The number of rotatable bonds is 8. The molecule has 0 fully saturated rings. The van der Waals surface area contributed by atoms with Gasteiger partial charge >= 0.3 is 0 Å². The van der Waals surface area contributed by atoms with E-state index in [2.05, 4.69) is 5.32 Å². The van der Waals surface area contributed by atoms with Crippen LogP contribution in [0.5, 0.6) is 0 Å². The highest BCUT2D eigenvalue weighted by Gasteiger charge is 2.05. The molecule has 4 nitrogen and oxygen atoms in total. The molecule has 0 bridgehead atoms. The molecule has 1 aromatic rings. The van der Waals surface area contributed by atoms with Crippen molar-refractivity contribution < 1.29 is 14.6 Å². The van der Waals surface area contributed by atoms with Crippen molar-refractivity contribution >= 4 is 5.91 Å². The van der Waals surface area contributed by atoms with Gasteiger partial charge in [-0.25, -0.2) is 0 Å². The first-order valence-electron chi connectivity index (χ1n) is 6.61. The highest BCUT2D eigenvalue weighted by molar-refractivity contribution is 5.76.